The third-order valence-corrected chi connectivity index (χ3v) is 2.04. The molecule has 0 saturated carbocycles. The van der Waals surface area contributed by atoms with E-state index in [0.717, 1.165) is 0 Å². The summed E-state index contributed by atoms with van der Waals surface area (Å²) in [7, 11) is 0. The van der Waals surface area contributed by atoms with Crippen LogP contribution in [0, 0.1) is 5.41 Å². The molecule has 0 fully saturated rings. The van der Waals surface area contributed by atoms with Crippen molar-refractivity contribution in [1.82, 2.24) is 0 Å². The van der Waals surface area contributed by atoms with E-state index in [9.17, 15) is 14.4 Å². The summed E-state index contributed by atoms with van der Waals surface area (Å²) in [5, 5.41) is 8.62. The Bertz CT molecular complexity index is 356. The van der Waals surface area contributed by atoms with Gasteiger partial charge in [0.15, 0.2) is 0 Å². The van der Waals surface area contributed by atoms with Crippen molar-refractivity contribution in [3.8, 4) is 0 Å². The van der Waals surface area contributed by atoms with Crippen molar-refractivity contribution in [2.24, 2.45) is 5.41 Å². The van der Waals surface area contributed by atoms with Crippen molar-refractivity contribution < 1.29 is 29.0 Å². The quantitative estimate of drug-likeness (QED) is 0.418. The molecule has 0 rings (SSSR count). The lowest BCUT2D eigenvalue weighted by Crippen LogP contribution is -2.30. The van der Waals surface area contributed by atoms with Gasteiger partial charge in [-0.1, -0.05) is 6.58 Å². The molecule has 102 valence electrons. The number of aliphatic carboxylic acids is 1. The highest BCUT2D eigenvalue weighted by atomic mass is 16.6. The van der Waals surface area contributed by atoms with Gasteiger partial charge < -0.3 is 14.6 Å². The molecule has 0 atom stereocenters. The zero-order chi connectivity index (χ0) is 14.3. The van der Waals surface area contributed by atoms with Gasteiger partial charge in [-0.2, -0.15) is 0 Å². The van der Waals surface area contributed by atoms with Crippen molar-refractivity contribution in [2.45, 2.75) is 27.2 Å². The molecule has 0 aromatic rings. The van der Waals surface area contributed by atoms with E-state index < -0.39 is 23.3 Å². The van der Waals surface area contributed by atoms with E-state index in [1.807, 2.05) is 0 Å². The molecule has 0 amide bonds. The van der Waals surface area contributed by atoms with Crippen molar-refractivity contribution >= 4 is 17.9 Å². The van der Waals surface area contributed by atoms with Gasteiger partial charge in [0.2, 0.25) is 0 Å². The molecule has 0 heterocycles. The van der Waals surface area contributed by atoms with Gasteiger partial charge in [0.25, 0.3) is 0 Å². The van der Waals surface area contributed by atoms with Gasteiger partial charge in [-0.15, -0.1) is 0 Å². The van der Waals surface area contributed by atoms with E-state index in [1.165, 1.54) is 20.8 Å². The van der Waals surface area contributed by atoms with E-state index in [0.29, 0.717) is 0 Å². The van der Waals surface area contributed by atoms with Gasteiger partial charge >= 0.3 is 17.9 Å². The van der Waals surface area contributed by atoms with Crippen LogP contribution in [0.15, 0.2) is 12.2 Å². The summed E-state index contributed by atoms with van der Waals surface area (Å²) >= 11 is 0. The normalized spacial score (nSPS) is 10.6. The van der Waals surface area contributed by atoms with Crippen LogP contribution in [0.4, 0.5) is 0 Å². The van der Waals surface area contributed by atoms with E-state index in [-0.39, 0.29) is 25.2 Å². The summed E-state index contributed by atoms with van der Waals surface area (Å²) in [5.41, 5.74) is -0.850. The fraction of sp³-hybridized carbons (Fsp3) is 0.583. The molecule has 0 aliphatic rings. The van der Waals surface area contributed by atoms with Crippen molar-refractivity contribution in [3.05, 3.63) is 12.2 Å². The van der Waals surface area contributed by atoms with Crippen LogP contribution in [0.1, 0.15) is 27.2 Å². The van der Waals surface area contributed by atoms with E-state index >= 15 is 0 Å². The minimum absolute atomic E-state index is 0.0828. The second kappa shape index (κ2) is 6.78. The Balaban J connectivity index is 4.00. The summed E-state index contributed by atoms with van der Waals surface area (Å²) in [5.74, 6) is -2.28. The number of hydrogen-bond acceptors (Lipinski definition) is 5. The van der Waals surface area contributed by atoms with Crippen molar-refractivity contribution in [1.29, 1.82) is 0 Å². The molecule has 0 aliphatic heterocycles. The predicted molar refractivity (Wildman–Crippen MR) is 62.8 cm³/mol. The van der Waals surface area contributed by atoms with Crippen LogP contribution in [-0.4, -0.2) is 36.2 Å². The Labute approximate surface area is 106 Å². The van der Waals surface area contributed by atoms with Crippen LogP contribution >= 0.6 is 0 Å². The lowest BCUT2D eigenvalue weighted by Gasteiger charge is -2.20. The molecular weight excluding hydrogens is 240 g/mol. The molecular formula is C12H18O6. The van der Waals surface area contributed by atoms with Crippen molar-refractivity contribution in [3.63, 3.8) is 0 Å². The summed E-state index contributed by atoms with van der Waals surface area (Å²) in [6.45, 7) is 7.66. The molecule has 0 aliphatic carbocycles. The Morgan fingerprint density at radius 1 is 1.17 bits per heavy atom. The molecule has 6 nitrogen and oxygen atoms in total. The highest BCUT2D eigenvalue weighted by molar-refractivity contribution is 5.87. The maximum Gasteiger partial charge on any atom is 0.333 e. The van der Waals surface area contributed by atoms with E-state index in [1.54, 1.807) is 0 Å². The molecule has 1 N–H and O–H groups in total. The van der Waals surface area contributed by atoms with Crippen LogP contribution in [0.25, 0.3) is 0 Å². The van der Waals surface area contributed by atoms with Gasteiger partial charge in [0.05, 0.1) is 11.8 Å². The largest absolute Gasteiger partial charge is 0.481 e. The Morgan fingerprint density at radius 3 is 2.11 bits per heavy atom. The smallest absolute Gasteiger partial charge is 0.333 e. The molecule has 0 aromatic carbocycles. The summed E-state index contributed by atoms with van der Waals surface area (Å²) in [4.78, 5) is 33.1. The first kappa shape index (κ1) is 16.1. The lowest BCUT2D eigenvalue weighted by molar-refractivity contribution is -0.161. The number of esters is 2. The fourth-order valence-electron chi connectivity index (χ4n) is 1.04. The Kier molecular flexibility index (Phi) is 6.08. The van der Waals surface area contributed by atoms with E-state index in [4.69, 9.17) is 14.6 Å². The van der Waals surface area contributed by atoms with Crippen LogP contribution in [0.5, 0.6) is 0 Å². The third kappa shape index (κ3) is 6.03. The third-order valence-electron chi connectivity index (χ3n) is 2.04. The minimum Gasteiger partial charge on any atom is -0.481 e. The number of carbonyl (C=O) groups excluding carboxylic acids is 2. The number of hydrogen-bond donors (Lipinski definition) is 1. The minimum atomic E-state index is -1.11. The number of carboxylic acid groups (broad SMARTS) is 1. The van der Waals surface area contributed by atoms with Gasteiger partial charge in [-0.25, -0.2) is 4.79 Å². The van der Waals surface area contributed by atoms with E-state index in [2.05, 4.69) is 6.58 Å². The molecule has 0 aromatic heterocycles. The highest BCUT2D eigenvalue weighted by Gasteiger charge is 2.32. The molecule has 6 heteroatoms. The first-order valence-corrected chi connectivity index (χ1v) is 5.38. The zero-order valence-corrected chi connectivity index (χ0v) is 10.8. The summed E-state index contributed by atoms with van der Waals surface area (Å²) in [6.07, 6.45) is -0.322. The van der Waals surface area contributed by atoms with Crippen LogP contribution in [-0.2, 0) is 23.9 Å². The average molecular weight is 258 g/mol. The highest BCUT2D eigenvalue weighted by Crippen LogP contribution is 2.21. The number of rotatable bonds is 7. The van der Waals surface area contributed by atoms with Gasteiger partial charge in [-0.05, 0) is 20.8 Å². The number of carboxylic acids is 1. The topological polar surface area (TPSA) is 89.9 Å². The first-order chi connectivity index (χ1) is 8.16. The maximum atomic E-state index is 11.5. The van der Waals surface area contributed by atoms with Crippen LogP contribution < -0.4 is 0 Å². The molecule has 0 radical (unpaired) electrons. The van der Waals surface area contributed by atoms with Gasteiger partial charge in [0, 0.05) is 5.57 Å². The summed E-state index contributed by atoms with van der Waals surface area (Å²) < 4.78 is 9.54. The molecule has 0 saturated heterocycles. The maximum absolute atomic E-state index is 11.5. The predicted octanol–water partition coefficient (Wildman–Crippen LogP) is 1.15. The van der Waals surface area contributed by atoms with Crippen LogP contribution in [0.3, 0.4) is 0 Å². The fourth-order valence-corrected chi connectivity index (χ4v) is 1.04. The first-order valence-electron chi connectivity index (χ1n) is 5.38. The second-order valence-corrected chi connectivity index (χ2v) is 4.51. The average Bonchev–Trinajstić information content (AvgIpc) is 2.21. The van der Waals surface area contributed by atoms with Gasteiger partial charge in [-0.3, -0.25) is 9.59 Å². The standard InChI is InChI=1S/C12H18O6/c1-8(2)10(15)17-5-6-18-11(16)12(3,4)7-9(13)14/h1,5-7H2,2-4H3,(H,13,14). The Morgan fingerprint density at radius 2 is 1.67 bits per heavy atom. The molecule has 0 bridgehead atoms. The molecule has 0 unspecified atom stereocenters. The monoisotopic (exact) mass is 258 g/mol. The van der Waals surface area contributed by atoms with Gasteiger partial charge in [0.1, 0.15) is 13.2 Å². The Hall–Kier alpha value is -1.85. The molecule has 18 heavy (non-hydrogen) atoms. The SMILES string of the molecule is C=C(C)C(=O)OCCOC(=O)C(C)(C)CC(=O)O. The number of carbonyl (C=O) groups is 3. The number of ether oxygens (including phenoxy) is 2. The zero-order valence-electron chi connectivity index (χ0n) is 10.8. The summed E-state index contributed by atoms with van der Waals surface area (Å²) in [6, 6.07) is 0. The van der Waals surface area contributed by atoms with Crippen molar-refractivity contribution in [2.75, 3.05) is 13.2 Å². The lowest BCUT2D eigenvalue weighted by atomic mass is 9.90. The molecule has 0 spiro atoms. The van der Waals surface area contributed by atoms with Crippen LogP contribution in [0.2, 0.25) is 0 Å². The second-order valence-electron chi connectivity index (χ2n) is 4.51.